The fourth-order valence-corrected chi connectivity index (χ4v) is 2.63. The van der Waals surface area contributed by atoms with E-state index >= 15 is 0 Å². The number of nitrogens with zero attached hydrogens (tertiary/aromatic N) is 2. The maximum atomic E-state index is 9.64. The first-order valence-electron chi connectivity index (χ1n) is 6.99. The lowest BCUT2D eigenvalue weighted by Gasteiger charge is -2.32. The van der Waals surface area contributed by atoms with Crippen LogP contribution in [-0.4, -0.2) is 35.1 Å². The SMILES string of the molecule is COCC(O)Cc1nc(C2CCC(C)(C)CC2)no1. The zero-order valence-electron chi connectivity index (χ0n) is 12.1. The van der Waals surface area contributed by atoms with Gasteiger partial charge < -0.3 is 14.4 Å². The van der Waals surface area contributed by atoms with E-state index in [1.165, 1.54) is 12.8 Å². The average molecular weight is 268 g/mol. The lowest BCUT2D eigenvalue weighted by atomic mass is 9.73. The standard InChI is InChI=1S/C14H24N2O3/c1-14(2)6-4-10(5-7-14)13-15-12(19-16-13)8-11(17)9-18-3/h10-11,17H,4-9H2,1-3H3. The summed E-state index contributed by atoms with van der Waals surface area (Å²) in [6.45, 7) is 4.91. The molecule has 0 spiro atoms. The first-order valence-corrected chi connectivity index (χ1v) is 6.99. The van der Waals surface area contributed by atoms with Crippen LogP contribution in [0.25, 0.3) is 0 Å². The van der Waals surface area contributed by atoms with Crippen LogP contribution < -0.4 is 0 Å². The van der Waals surface area contributed by atoms with Gasteiger partial charge in [0.15, 0.2) is 5.82 Å². The molecular formula is C14H24N2O3. The predicted octanol–water partition coefficient (Wildman–Crippen LogP) is 2.30. The highest BCUT2D eigenvalue weighted by molar-refractivity contribution is 4.99. The summed E-state index contributed by atoms with van der Waals surface area (Å²) in [5.41, 5.74) is 0.442. The Morgan fingerprint density at radius 1 is 1.42 bits per heavy atom. The Bertz CT molecular complexity index is 393. The van der Waals surface area contributed by atoms with E-state index in [1.807, 2.05) is 0 Å². The van der Waals surface area contributed by atoms with Gasteiger partial charge in [-0.1, -0.05) is 19.0 Å². The molecule has 0 aliphatic heterocycles. The molecule has 0 amide bonds. The molecule has 1 unspecified atom stereocenters. The van der Waals surface area contributed by atoms with Gasteiger partial charge in [-0.15, -0.1) is 0 Å². The molecule has 108 valence electrons. The number of hydrogen-bond donors (Lipinski definition) is 1. The van der Waals surface area contributed by atoms with Gasteiger partial charge in [0.1, 0.15) is 0 Å². The van der Waals surface area contributed by atoms with Crippen LogP contribution in [0, 0.1) is 5.41 Å². The Balaban J connectivity index is 1.90. The number of hydrogen-bond acceptors (Lipinski definition) is 5. The van der Waals surface area contributed by atoms with Gasteiger partial charge in [-0.2, -0.15) is 4.98 Å². The molecule has 0 aromatic carbocycles. The van der Waals surface area contributed by atoms with E-state index in [1.54, 1.807) is 7.11 Å². The molecule has 0 radical (unpaired) electrons. The van der Waals surface area contributed by atoms with Crippen LogP contribution in [-0.2, 0) is 11.2 Å². The summed E-state index contributed by atoms with van der Waals surface area (Å²) in [7, 11) is 1.56. The minimum atomic E-state index is -0.580. The smallest absolute Gasteiger partial charge is 0.229 e. The zero-order valence-corrected chi connectivity index (χ0v) is 12.1. The second-order valence-corrected chi connectivity index (χ2v) is 6.30. The fourth-order valence-electron chi connectivity index (χ4n) is 2.63. The van der Waals surface area contributed by atoms with E-state index < -0.39 is 6.10 Å². The third-order valence-corrected chi connectivity index (χ3v) is 3.96. The van der Waals surface area contributed by atoms with Crippen molar-refractivity contribution in [3.05, 3.63) is 11.7 Å². The second-order valence-electron chi connectivity index (χ2n) is 6.30. The first-order chi connectivity index (χ1) is 9.00. The highest BCUT2D eigenvalue weighted by Gasteiger charge is 2.30. The Kier molecular flexibility index (Phi) is 4.58. The van der Waals surface area contributed by atoms with Crippen molar-refractivity contribution in [2.24, 2.45) is 5.41 Å². The molecule has 0 bridgehead atoms. The number of rotatable bonds is 5. The highest BCUT2D eigenvalue weighted by atomic mass is 16.5. The molecule has 1 saturated carbocycles. The third-order valence-electron chi connectivity index (χ3n) is 3.96. The lowest BCUT2D eigenvalue weighted by Crippen LogP contribution is -2.21. The zero-order chi connectivity index (χ0) is 13.9. The second kappa shape index (κ2) is 6.01. The topological polar surface area (TPSA) is 68.4 Å². The van der Waals surface area contributed by atoms with Crippen molar-refractivity contribution in [2.45, 2.75) is 58.0 Å². The van der Waals surface area contributed by atoms with E-state index in [2.05, 4.69) is 24.0 Å². The molecule has 5 nitrogen and oxygen atoms in total. The van der Waals surface area contributed by atoms with Crippen molar-refractivity contribution in [3.8, 4) is 0 Å². The molecule has 0 saturated heterocycles. The maximum Gasteiger partial charge on any atom is 0.229 e. The van der Waals surface area contributed by atoms with Crippen LogP contribution in [0.3, 0.4) is 0 Å². The van der Waals surface area contributed by atoms with Gasteiger partial charge in [-0.25, -0.2) is 0 Å². The van der Waals surface area contributed by atoms with Gasteiger partial charge in [0.2, 0.25) is 5.89 Å². The Hall–Kier alpha value is -0.940. The van der Waals surface area contributed by atoms with Crippen LogP contribution >= 0.6 is 0 Å². The van der Waals surface area contributed by atoms with Crippen molar-refractivity contribution in [1.29, 1.82) is 0 Å². The molecule has 1 aromatic heterocycles. The van der Waals surface area contributed by atoms with E-state index in [9.17, 15) is 5.11 Å². The van der Waals surface area contributed by atoms with Crippen LogP contribution in [0.15, 0.2) is 4.52 Å². The van der Waals surface area contributed by atoms with Crippen LogP contribution in [0.2, 0.25) is 0 Å². The van der Waals surface area contributed by atoms with E-state index in [-0.39, 0.29) is 6.61 Å². The van der Waals surface area contributed by atoms with Gasteiger partial charge in [-0.3, -0.25) is 0 Å². The summed E-state index contributed by atoms with van der Waals surface area (Å²) in [5.74, 6) is 1.71. The van der Waals surface area contributed by atoms with Gasteiger partial charge in [0.25, 0.3) is 0 Å². The number of aliphatic hydroxyl groups excluding tert-OH is 1. The summed E-state index contributed by atoms with van der Waals surface area (Å²) >= 11 is 0. The monoisotopic (exact) mass is 268 g/mol. The predicted molar refractivity (Wildman–Crippen MR) is 70.9 cm³/mol. The molecule has 1 atom stereocenters. The summed E-state index contributed by atoms with van der Waals surface area (Å²) in [5, 5.41) is 13.7. The number of methoxy groups -OCH3 is 1. The molecular weight excluding hydrogens is 244 g/mol. The minimum absolute atomic E-state index is 0.287. The maximum absolute atomic E-state index is 9.64. The fraction of sp³-hybridized carbons (Fsp3) is 0.857. The quantitative estimate of drug-likeness (QED) is 0.887. The van der Waals surface area contributed by atoms with Crippen molar-refractivity contribution in [2.75, 3.05) is 13.7 Å². The largest absolute Gasteiger partial charge is 0.390 e. The molecule has 19 heavy (non-hydrogen) atoms. The summed E-state index contributed by atoms with van der Waals surface area (Å²) in [4.78, 5) is 4.41. The van der Waals surface area contributed by atoms with Gasteiger partial charge in [0.05, 0.1) is 19.1 Å². The molecule has 1 aliphatic rings. The summed E-state index contributed by atoms with van der Waals surface area (Å²) in [6.07, 6.45) is 4.42. The molecule has 1 N–H and O–H groups in total. The van der Waals surface area contributed by atoms with Gasteiger partial charge >= 0.3 is 0 Å². The van der Waals surface area contributed by atoms with Crippen LogP contribution in [0.4, 0.5) is 0 Å². The molecule has 1 aliphatic carbocycles. The Morgan fingerprint density at radius 3 is 2.74 bits per heavy atom. The van der Waals surface area contributed by atoms with Gasteiger partial charge in [0, 0.05) is 13.0 Å². The summed E-state index contributed by atoms with van der Waals surface area (Å²) < 4.78 is 10.1. The molecule has 5 heteroatoms. The van der Waals surface area contributed by atoms with Crippen molar-refractivity contribution in [3.63, 3.8) is 0 Å². The van der Waals surface area contributed by atoms with Gasteiger partial charge in [-0.05, 0) is 31.1 Å². The van der Waals surface area contributed by atoms with E-state index in [0.717, 1.165) is 18.7 Å². The van der Waals surface area contributed by atoms with Crippen LogP contribution in [0.1, 0.15) is 57.2 Å². The average Bonchev–Trinajstić information content (AvgIpc) is 2.77. The van der Waals surface area contributed by atoms with Crippen molar-refractivity contribution < 1.29 is 14.4 Å². The van der Waals surface area contributed by atoms with Crippen molar-refractivity contribution >= 4 is 0 Å². The minimum Gasteiger partial charge on any atom is -0.390 e. The molecule has 1 aromatic rings. The lowest BCUT2D eigenvalue weighted by molar-refractivity contribution is 0.0599. The van der Waals surface area contributed by atoms with Crippen molar-refractivity contribution in [1.82, 2.24) is 10.1 Å². The highest BCUT2D eigenvalue weighted by Crippen LogP contribution is 2.41. The Morgan fingerprint density at radius 2 is 2.11 bits per heavy atom. The molecule has 1 fully saturated rings. The number of ether oxygens (including phenoxy) is 1. The number of aromatic nitrogens is 2. The normalized spacial score (nSPS) is 21.5. The Labute approximate surface area is 114 Å². The van der Waals surface area contributed by atoms with E-state index in [0.29, 0.717) is 23.6 Å². The van der Waals surface area contributed by atoms with Crippen LogP contribution in [0.5, 0.6) is 0 Å². The third kappa shape index (κ3) is 4.01. The summed E-state index contributed by atoms with van der Waals surface area (Å²) in [6, 6.07) is 0. The first kappa shape index (κ1) is 14.5. The number of aliphatic hydroxyl groups is 1. The van der Waals surface area contributed by atoms with E-state index in [4.69, 9.17) is 9.26 Å². The molecule has 1 heterocycles. The molecule has 2 rings (SSSR count).